The van der Waals surface area contributed by atoms with Gasteiger partial charge in [0.05, 0.1) is 6.26 Å². The molecular weight excluding hydrogens is 363 g/mol. The Balaban J connectivity index is 2.10. The van der Waals surface area contributed by atoms with Crippen molar-refractivity contribution in [2.45, 2.75) is 25.2 Å². The first kappa shape index (κ1) is 18.7. The number of benzene rings is 1. The monoisotopic (exact) mass is 379 g/mol. The highest BCUT2D eigenvalue weighted by Gasteiger charge is 2.67. The summed E-state index contributed by atoms with van der Waals surface area (Å²) in [5, 5.41) is 1.74. The van der Waals surface area contributed by atoms with Crippen LogP contribution >= 0.6 is 0 Å². The first-order chi connectivity index (χ1) is 12.8. The van der Waals surface area contributed by atoms with Gasteiger partial charge in [0.1, 0.15) is 5.84 Å². The molecule has 0 radical (unpaired) electrons. The molecule has 2 heterocycles. The molecular formula is C18H16F3N3O3. The predicted octanol–water partition coefficient (Wildman–Crippen LogP) is 2.97. The maximum atomic E-state index is 14.0. The lowest BCUT2D eigenvalue weighted by atomic mass is 10.1. The lowest BCUT2D eigenvalue weighted by Gasteiger charge is -2.28. The summed E-state index contributed by atoms with van der Waals surface area (Å²) in [7, 11) is 0. The van der Waals surface area contributed by atoms with Crippen molar-refractivity contribution in [3.05, 3.63) is 60.1 Å². The van der Waals surface area contributed by atoms with Crippen molar-refractivity contribution in [2.24, 2.45) is 4.99 Å². The van der Waals surface area contributed by atoms with Crippen LogP contribution in [-0.4, -0.2) is 40.9 Å². The summed E-state index contributed by atoms with van der Waals surface area (Å²) in [6.45, 7) is 1.76. The molecule has 2 amide bonds. The van der Waals surface area contributed by atoms with E-state index in [2.05, 4.69) is 4.99 Å². The largest absolute Gasteiger partial charge is 0.459 e. The molecule has 0 spiro atoms. The molecule has 0 bridgehead atoms. The number of nitrogens with zero attached hydrogens (tertiary/aromatic N) is 2. The minimum Gasteiger partial charge on any atom is -0.459 e. The van der Waals surface area contributed by atoms with Gasteiger partial charge >= 0.3 is 11.8 Å². The van der Waals surface area contributed by atoms with E-state index in [9.17, 15) is 22.8 Å². The number of hydrogen-bond donors (Lipinski definition) is 1. The van der Waals surface area contributed by atoms with Crippen LogP contribution < -0.4 is 5.32 Å². The predicted molar refractivity (Wildman–Crippen MR) is 89.9 cm³/mol. The minimum atomic E-state index is -5.14. The van der Waals surface area contributed by atoms with Gasteiger partial charge in [-0.15, -0.1) is 0 Å². The van der Waals surface area contributed by atoms with E-state index in [-0.39, 0.29) is 18.1 Å². The van der Waals surface area contributed by atoms with Gasteiger partial charge in [-0.2, -0.15) is 13.2 Å². The van der Waals surface area contributed by atoms with Gasteiger partial charge in [0.25, 0.3) is 11.8 Å². The Labute approximate surface area is 152 Å². The Kier molecular flexibility index (Phi) is 4.77. The van der Waals surface area contributed by atoms with Crippen molar-refractivity contribution in [1.82, 2.24) is 10.2 Å². The molecule has 0 unspecified atom stereocenters. The van der Waals surface area contributed by atoms with Crippen molar-refractivity contribution < 1.29 is 27.2 Å². The number of aliphatic imine (C=N–C) groups is 1. The summed E-state index contributed by atoms with van der Waals surface area (Å²) in [5.41, 5.74) is -3.06. The van der Waals surface area contributed by atoms with E-state index in [4.69, 9.17) is 4.42 Å². The van der Waals surface area contributed by atoms with Gasteiger partial charge in [-0.25, -0.2) is 4.99 Å². The molecule has 142 valence electrons. The summed E-state index contributed by atoms with van der Waals surface area (Å²) in [5.74, 6) is -3.02. The summed E-state index contributed by atoms with van der Waals surface area (Å²) in [6.07, 6.45) is -3.58. The third kappa shape index (κ3) is 3.20. The molecule has 1 aliphatic rings. The molecule has 1 atom stereocenters. The Hall–Kier alpha value is -3.10. The number of halogens is 3. The minimum absolute atomic E-state index is 0.0288. The van der Waals surface area contributed by atoms with Crippen molar-refractivity contribution in [1.29, 1.82) is 0 Å². The average Bonchev–Trinajstić information content (AvgIpc) is 3.25. The van der Waals surface area contributed by atoms with E-state index in [1.165, 1.54) is 12.1 Å². The van der Waals surface area contributed by atoms with Crippen LogP contribution in [-0.2, 0) is 4.79 Å². The molecule has 1 aromatic carbocycles. The normalized spacial score (nSPS) is 19.9. The van der Waals surface area contributed by atoms with Crippen LogP contribution in [0, 0.1) is 0 Å². The maximum Gasteiger partial charge on any atom is 0.442 e. The standard InChI is InChI=1S/C18H16F3N3O3/c1-2-10-24-14(12-7-4-3-5-8-12)22-17(16(24)26,18(19,20)21)23-15(25)13-9-6-11-27-13/h3-9,11H,2,10H2,1H3,(H,23,25)/t17-/m0/s1. The number of alkyl halides is 3. The molecule has 0 fully saturated rings. The summed E-state index contributed by atoms with van der Waals surface area (Å²) in [4.78, 5) is 29.7. The molecule has 1 N–H and O–H groups in total. The molecule has 0 saturated heterocycles. The number of carbonyl (C=O) groups excluding carboxylic acids is 2. The van der Waals surface area contributed by atoms with Crippen LogP contribution in [0.3, 0.4) is 0 Å². The maximum absolute atomic E-state index is 14.0. The fraction of sp³-hybridized carbons (Fsp3) is 0.278. The highest BCUT2D eigenvalue weighted by Crippen LogP contribution is 2.38. The Morgan fingerprint density at radius 3 is 2.48 bits per heavy atom. The summed E-state index contributed by atoms with van der Waals surface area (Å²) >= 11 is 0. The van der Waals surface area contributed by atoms with Crippen molar-refractivity contribution in [3.8, 4) is 0 Å². The molecule has 6 nitrogen and oxygen atoms in total. The van der Waals surface area contributed by atoms with E-state index < -0.39 is 23.7 Å². The SMILES string of the molecule is CCCN1C(=O)[C@](NC(=O)c2ccco2)(C(F)(F)F)N=C1c1ccccc1. The van der Waals surface area contributed by atoms with Crippen molar-refractivity contribution in [2.75, 3.05) is 6.54 Å². The number of hydrogen-bond acceptors (Lipinski definition) is 4. The lowest BCUT2D eigenvalue weighted by Crippen LogP contribution is -2.63. The second-order valence-electron chi connectivity index (χ2n) is 5.90. The van der Waals surface area contributed by atoms with Gasteiger partial charge in [0.15, 0.2) is 5.76 Å². The smallest absolute Gasteiger partial charge is 0.442 e. The summed E-state index contributed by atoms with van der Waals surface area (Å²) < 4.78 is 46.7. The van der Waals surface area contributed by atoms with Crippen LogP contribution in [0.15, 0.2) is 58.1 Å². The van der Waals surface area contributed by atoms with Gasteiger partial charge in [-0.05, 0) is 18.6 Å². The number of nitrogens with one attached hydrogen (secondary N) is 1. The molecule has 3 rings (SSSR count). The Bertz CT molecular complexity index is 863. The molecule has 1 aromatic heterocycles. The lowest BCUT2D eigenvalue weighted by molar-refractivity contribution is -0.196. The zero-order valence-electron chi connectivity index (χ0n) is 14.3. The van der Waals surface area contributed by atoms with Crippen molar-refractivity contribution >= 4 is 17.6 Å². The van der Waals surface area contributed by atoms with Crippen LogP contribution in [0.25, 0.3) is 0 Å². The molecule has 27 heavy (non-hydrogen) atoms. The fourth-order valence-electron chi connectivity index (χ4n) is 2.77. The zero-order valence-corrected chi connectivity index (χ0v) is 14.3. The van der Waals surface area contributed by atoms with Crippen LogP contribution in [0.5, 0.6) is 0 Å². The van der Waals surface area contributed by atoms with E-state index in [0.29, 0.717) is 12.0 Å². The number of rotatable bonds is 5. The molecule has 2 aromatic rings. The molecule has 0 saturated carbocycles. The van der Waals surface area contributed by atoms with Crippen molar-refractivity contribution in [3.63, 3.8) is 0 Å². The molecule has 0 aliphatic carbocycles. The van der Waals surface area contributed by atoms with Gasteiger partial charge in [0.2, 0.25) is 0 Å². The van der Waals surface area contributed by atoms with E-state index in [1.807, 2.05) is 0 Å². The second kappa shape index (κ2) is 6.90. The van der Waals surface area contributed by atoms with Gasteiger partial charge < -0.3 is 9.73 Å². The van der Waals surface area contributed by atoms with E-state index >= 15 is 0 Å². The number of amides is 2. The molecule has 9 heteroatoms. The number of amidine groups is 1. The Morgan fingerprint density at radius 2 is 1.93 bits per heavy atom. The third-order valence-corrected chi connectivity index (χ3v) is 4.01. The quantitative estimate of drug-likeness (QED) is 0.868. The zero-order chi connectivity index (χ0) is 19.7. The highest BCUT2D eigenvalue weighted by atomic mass is 19.4. The highest BCUT2D eigenvalue weighted by molar-refractivity contribution is 6.16. The Morgan fingerprint density at radius 1 is 1.22 bits per heavy atom. The average molecular weight is 379 g/mol. The van der Waals surface area contributed by atoms with Gasteiger partial charge in [-0.1, -0.05) is 37.3 Å². The van der Waals surface area contributed by atoms with Crippen LogP contribution in [0.1, 0.15) is 29.5 Å². The van der Waals surface area contributed by atoms with Crippen LogP contribution in [0.2, 0.25) is 0 Å². The summed E-state index contributed by atoms with van der Waals surface area (Å²) in [6, 6.07) is 10.6. The topological polar surface area (TPSA) is 74.9 Å². The van der Waals surface area contributed by atoms with E-state index in [0.717, 1.165) is 11.2 Å². The van der Waals surface area contributed by atoms with E-state index in [1.54, 1.807) is 42.6 Å². The van der Waals surface area contributed by atoms with Gasteiger partial charge in [0, 0.05) is 12.1 Å². The number of furan rings is 1. The number of carbonyl (C=O) groups is 2. The van der Waals surface area contributed by atoms with Crippen LogP contribution in [0.4, 0.5) is 13.2 Å². The first-order valence-corrected chi connectivity index (χ1v) is 8.20. The van der Waals surface area contributed by atoms with Gasteiger partial charge in [-0.3, -0.25) is 14.5 Å². The first-order valence-electron chi connectivity index (χ1n) is 8.20. The third-order valence-electron chi connectivity index (χ3n) is 4.01. The molecule has 1 aliphatic heterocycles. The fourth-order valence-corrected chi connectivity index (χ4v) is 2.77. The second-order valence-corrected chi connectivity index (χ2v) is 5.90.